The molecule has 0 aliphatic carbocycles. The molecule has 0 unspecified atom stereocenters. The Balaban J connectivity index is 1.72. The Labute approximate surface area is 159 Å². The van der Waals surface area contributed by atoms with Gasteiger partial charge in [-0.05, 0) is 48.1 Å². The molecule has 3 rings (SSSR count). The molecule has 0 saturated carbocycles. The lowest BCUT2D eigenvalue weighted by Gasteiger charge is -2.31. The third-order valence-corrected chi connectivity index (χ3v) is 4.91. The van der Waals surface area contributed by atoms with Gasteiger partial charge in [-0.15, -0.1) is 0 Å². The van der Waals surface area contributed by atoms with Crippen LogP contribution in [0.5, 0.6) is 11.5 Å². The van der Waals surface area contributed by atoms with Crippen LogP contribution in [-0.4, -0.2) is 38.3 Å². The van der Waals surface area contributed by atoms with Gasteiger partial charge in [-0.1, -0.05) is 12.1 Å². The summed E-state index contributed by atoms with van der Waals surface area (Å²) in [5, 5.41) is 3.21. The second kappa shape index (κ2) is 9.37. The van der Waals surface area contributed by atoms with Crippen LogP contribution in [0.3, 0.4) is 0 Å². The molecule has 144 valence electrons. The van der Waals surface area contributed by atoms with Gasteiger partial charge in [0.2, 0.25) is 5.91 Å². The molecule has 1 saturated heterocycles. The normalized spacial score (nSPS) is 15.8. The zero-order valence-electron chi connectivity index (χ0n) is 15.8. The smallest absolute Gasteiger partial charge is 0.224 e. The molecule has 6 nitrogen and oxygen atoms in total. The molecule has 0 bridgehead atoms. The van der Waals surface area contributed by atoms with Gasteiger partial charge < -0.3 is 19.5 Å². The first-order chi connectivity index (χ1) is 13.2. The molecule has 0 radical (unpaired) electrons. The molecule has 1 aromatic carbocycles. The fourth-order valence-corrected chi connectivity index (χ4v) is 3.48. The third-order valence-electron chi connectivity index (χ3n) is 4.91. The van der Waals surface area contributed by atoms with Crippen LogP contribution in [0, 0.1) is 5.92 Å². The van der Waals surface area contributed by atoms with Crippen molar-refractivity contribution in [3.63, 3.8) is 0 Å². The molecule has 1 fully saturated rings. The summed E-state index contributed by atoms with van der Waals surface area (Å²) in [6, 6.07) is 9.40. The summed E-state index contributed by atoms with van der Waals surface area (Å²) in [7, 11) is 3.18. The van der Waals surface area contributed by atoms with Gasteiger partial charge in [0, 0.05) is 25.6 Å². The molecule has 2 aromatic rings. The summed E-state index contributed by atoms with van der Waals surface area (Å²) in [5.41, 5.74) is 1.91. The molecule has 6 heteroatoms. The van der Waals surface area contributed by atoms with Crippen LogP contribution in [0.2, 0.25) is 0 Å². The van der Waals surface area contributed by atoms with E-state index >= 15 is 0 Å². The number of amides is 1. The van der Waals surface area contributed by atoms with Gasteiger partial charge in [0.1, 0.15) is 0 Å². The SMILES string of the molecule is COc1ccc(CC(=O)N[C@H](c2cccnc2)C2CCOCC2)cc1OC. The van der Waals surface area contributed by atoms with Crippen molar-refractivity contribution in [1.82, 2.24) is 10.3 Å². The van der Waals surface area contributed by atoms with Crippen molar-refractivity contribution in [2.24, 2.45) is 5.92 Å². The van der Waals surface area contributed by atoms with Crippen LogP contribution >= 0.6 is 0 Å². The maximum absolute atomic E-state index is 12.8. The summed E-state index contributed by atoms with van der Waals surface area (Å²) in [6.45, 7) is 1.46. The zero-order valence-corrected chi connectivity index (χ0v) is 15.8. The average Bonchev–Trinajstić information content (AvgIpc) is 2.73. The molecule has 0 spiro atoms. The first-order valence-electron chi connectivity index (χ1n) is 9.19. The number of nitrogens with zero attached hydrogens (tertiary/aromatic N) is 1. The van der Waals surface area contributed by atoms with E-state index in [-0.39, 0.29) is 18.4 Å². The molecular weight excluding hydrogens is 344 g/mol. The maximum atomic E-state index is 12.8. The number of rotatable bonds is 7. The Bertz CT molecular complexity index is 745. The van der Waals surface area contributed by atoms with Crippen molar-refractivity contribution in [1.29, 1.82) is 0 Å². The average molecular weight is 370 g/mol. The summed E-state index contributed by atoms with van der Waals surface area (Å²) in [6.07, 6.45) is 5.71. The van der Waals surface area contributed by atoms with Gasteiger partial charge >= 0.3 is 0 Å². The molecular formula is C21H26N2O4. The second-order valence-electron chi connectivity index (χ2n) is 6.65. The van der Waals surface area contributed by atoms with E-state index in [0.717, 1.165) is 37.2 Å². The minimum atomic E-state index is -0.0600. The minimum absolute atomic E-state index is 0.0254. The van der Waals surface area contributed by atoms with Crippen molar-refractivity contribution in [3.05, 3.63) is 53.9 Å². The number of aromatic nitrogens is 1. The first-order valence-corrected chi connectivity index (χ1v) is 9.19. The van der Waals surface area contributed by atoms with Gasteiger partial charge in [-0.3, -0.25) is 9.78 Å². The number of ether oxygens (including phenoxy) is 3. The van der Waals surface area contributed by atoms with Crippen LogP contribution in [0.15, 0.2) is 42.7 Å². The zero-order chi connectivity index (χ0) is 19.1. The fraction of sp³-hybridized carbons (Fsp3) is 0.429. The van der Waals surface area contributed by atoms with Crippen LogP contribution in [0.1, 0.15) is 30.0 Å². The standard InChI is InChI=1S/C21H26N2O4/c1-25-18-6-5-15(12-19(18)26-2)13-20(24)23-21(16-7-10-27-11-8-16)17-4-3-9-22-14-17/h3-6,9,12,14,16,21H,7-8,10-11,13H2,1-2H3,(H,23,24)/t21-/m0/s1. The lowest BCUT2D eigenvalue weighted by molar-refractivity contribution is -0.121. The Morgan fingerprint density at radius 2 is 2.00 bits per heavy atom. The number of nitrogens with one attached hydrogen (secondary N) is 1. The number of hydrogen-bond donors (Lipinski definition) is 1. The van der Waals surface area contributed by atoms with Crippen molar-refractivity contribution >= 4 is 5.91 Å². The van der Waals surface area contributed by atoms with Crippen LogP contribution in [-0.2, 0) is 16.0 Å². The minimum Gasteiger partial charge on any atom is -0.493 e. The topological polar surface area (TPSA) is 69.7 Å². The second-order valence-corrected chi connectivity index (χ2v) is 6.65. The van der Waals surface area contributed by atoms with Crippen molar-refractivity contribution in [3.8, 4) is 11.5 Å². The Morgan fingerprint density at radius 3 is 2.67 bits per heavy atom. The van der Waals surface area contributed by atoms with E-state index in [1.54, 1.807) is 20.4 Å². The fourth-order valence-electron chi connectivity index (χ4n) is 3.48. The predicted octanol–water partition coefficient (Wildman–Crippen LogP) is 2.93. The summed E-state index contributed by atoms with van der Waals surface area (Å²) >= 11 is 0. The number of carbonyl (C=O) groups excluding carboxylic acids is 1. The highest BCUT2D eigenvalue weighted by molar-refractivity contribution is 5.79. The molecule has 1 N–H and O–H groups in total. The van der Waals surface area contributed by atoms with Crippen molar-refractivity contribution < 1.29 is 19.0 Å². The van der Waals surface area contributed by atoms with E-state index in [9.17, 15) is 4.79 Å². The van der Waals surface area contributed by atoms with Crippen molar-refractivity contribution in [2.75, 3.05) is 27.4 Å². The monoisotopic (exact) mass is 370 g/mol. The van der Waals surface area contributed by atoms with E-state index in [0.29, 0.717) is 17.4 Å². The molecule has 1 aromatic heterocycles. The van der Waals surface area contributed by atoms with Gasteiger partial charge in [-0.25, -0.2) is 0 Å². The quantitative estimate of drug-likeness (QED) is 0.812. The molecule has 1 atom stereocenters. The van der Waals surface area contributed by atoms with Crippen LogP contribution < -0.4 is 14.8 Å². The number of hydrogen-bond acceptors (Lipinski definition) is 5. The molecule has 1 aliphatic heterocycles. The molecule has 1 amide bonds. The summed E-state index contributed by atoms with van der Waals surface area (Å²) in [4.78, 5) is 17.0. The maximum Gasteiger partial charge on any atom is 0.224 e. The van der Waals surface area contributed by atoms with Gasteiger partial charge in [0.25, 0.3) is 0 Å². The van der Waals surface area contributed by atoms with E-state index in [1.165, 1.54) is 0 Å². The highest BCUT2D eigenvalue weighted by Crippen LogP contribution is 2.30. The largest absolute Gasteiger partial charge is 0.493 e. The van der Waals surface area contributed by atoms with Crippen molar-refractivity contribution in [2.45, 2.75) is 25.3 Å². The number of carbonyl (C=O) groups is 1. The lowest BCUT2D eigenvalue weighted by atomic mass is 9.87. The van der Waals surface area contributed by atoms with E-state index in [1.807, 2.05) is 36.5 Å². The Morgan fingerprint density at radius 1 is 1.22 bits per heavy atom. The van der Waals surface area contributed by atoms with E-state index < -0.39 is 0 Å². The van der Waals surface area contributed by atoms with E-state index in [2.05, 4.69) is 10.3 Å². The molecule has 1 aliphatic rings. The Hall–Kier alpha value is -2.60. The number of methoxy groups -OCH3 is 2. The van der Waals surface area contributed by atoms with Gasteiger partial charge in [0.15, 0.2) is 11.5 Å². The van der Waals surface area contributed by atoms with Gasteiger partial charge in [0.05, 0.1) is 26.7 Å². The van der Waals surface area contributed by atoms with E-state index in [4.69, 9.17) is 14.2 Å². The Kier molecular flexibility index (Phi) is 6.65. The lowest BCUT2D eigenvalue weighted by Crippen LogP contribution is -2.36. The highest BCUT2D eigenvalue weighted by Gasteiger charge is 2.27. The van der Waals surface area contributed by atoms with Crippen LogP contribution in [0.25, 0.3) is 0 Å². The van der Waals surface area contributed by atoms with Gasteiger partial charge in [-0.2, -0.15) is 0 Å². The summed E-state index contributed by atoms with van der Waals surface area (Å²) in [5.74, 6) is 1.59. The summed E-state index contributed by atoms with van der Waals surface area (Å²) < 4.78 is 16.1. The number of pyridine rings is 1. The molecule has 27 heavy (non-hydrogen) atoms. The third kappa shape index (κ3) is 4.98. The predicted molar refractivity (Wildman–Crippen MR) is 102 cm³/mol. The highest BCUT2D eigenvalue weighted by atomic mass is 16.5. The number of benzene rings is 1. The molecule has 2 heterocycles. The van der Waals surface area contributed by atoms with Crippen LogP contribution in [0.4, 0.5) is 0 Å². The first kappa shape index (κ1) is 19.2.